The quantitative estimate of drug-likeness (QED) is 0.841. The van der Waals surface area contributed by atoms with Crippen molar-refractivity contribution >= 4 is 50.5 Å². The third-order valence-corrected chi connectivity index (χ3v) is 4.32. The van der Waals surface area contributed by atoms with Gasteiger partial charge in [0.2, 0.25) is 0 Å². The van der Waals surface area contributed by atoms with Gasteiger partial charge in [-0.2, -0.15) is 0 Å². The maximum Gasteiger partial charge on any atom is 0.256 e. The molecule has 1 aromatic carbocycles. The number of anilines is 1. The number of thiophene rings is 1. The Morgan fingerprint density at radius 3 is 2.74 bits per heavy atom. The van der Waals surface area contributed by atoms with Crippen molar-refractivity contribution in [2.45, 2.75) is 6.54 Å². The van der Waals surface area contributed by atoms with Crippen molar-refractivity contribution < 1.29 is 4.79 Å². The smallest absolute Gasteiger partial charge is 0.256 e. The molecule has 1 aromatic heterocycles. The number of halogens is 2. The summed E-state index contributed by atoms with van der Waals surface area (Å²) in [7, 11) is 1.75. The molecular weight excluding hydrogens is 348 g/mol. The second-order valence-electron chi connectivity index (χ2n) is 4.10. The predicted octanol–water partition coefficient (Wildman–Crippen LogP) is 4.02. The Balaban J connectivity index is 2.14. The molecule has 2 rings (SSSR count). The molecule has 0 saturated carbocycles. The Kier molecular flexibility index (Phi) is 4.50. The molecule has 0 aliphatic heterocycles. The number of nitrogens with two attached hydrogens (primary N) is 1. The average molecular weight is 360 g/mol. The minimum atomic E-state index is -0.102. The minimum absolute atomic E-state index is 0.102. The van der Waals surface area contributed by atoms with Gasteiger partial charge in [0, 0.05) is 22.1 Å². The number of benzene rings is 1. The summed E-state index contributed by atoms with van der Waals surface area (Å²) in [5.41, 5.74) is 6.84. The lowest BCUT2D eigenvalue weighted by atomic mass is 10.1. The van der Waals surface area contributed by atoms with Crippen LogP contribution in [0.3, 0.4) is 0 Å². The van der Waals surface area contributed by atoms with E-state index in [2.05, 4.69) is 15.9 Å². The standard InChI is InChI=1S/C13H12BrClN2OS/c1-17(7-9-3-5-12(15)19-9)13(18)10-4-2-8(14)6-11(10)16/h2-6H,7,16H2,1H3. The van der Waals surface area contributed by atoms with Crippen LogP contribution in [0.5, 0.6) is 0 Å². The molecule has 0 bridgehead atoms. The van der Waals surface area contributed by atoms with Gasteiger partial charge < -0.3 is 10.6 Å². The lowest BCUT2D eigenvalue weighted by molar-refractivity contribution is 0.0787. The highest BCUT2D eigenvalue weighted by Gasteiger charge is 2.15. The molecule has 1 heterocycles. The van der Waals surface area contributed by atoms with Gasteiger partial charge in [0.15, 0.2) is 0 Å². The Bertz CT molecular complexity index is 614. The maximum absolute atomic E-state index is 12.3. The van der Waals surface area contributed by atoms with Crippen LogP contribution in [0.2, 0.25) is 4.34 Å². The first-order valence-corrected chi connectivity index (χ1v) is 7.51. The van der Waals surface area contributed by atoms with Crippen molar-refractivity contribution in [3.05, 3.63) is 49.6 Å². The predicted molar refractivity (Wildman–Crippen MR) is 83.7 cm³/mol. The number of nitrogen functional groups attached to an aromatic ring is 1. The van der Waals surface area contributed by atoms with E-state index in [1.807, 2.05) is 12.1 Å². The van der Waals surface area contributed by atoms with E-state index in [1.54, 1.807) is 30.1 Å². The minimum Gasteiger partial charge on any atom is -0.398 e. The first kappa shape index (κ1) is 14.4. The summed E-state index contributed by atoms with van der Waals surface area (Å²) in [6.45, 7) is 0.520. The molecule has 6 heteroatoms. The highest BCUT2D eigenvalue weighted by molar-refractivity contribution is 9.10. The summed E-state index contributed by atoms with van der Waals surface area (Å²) >= 11 is 10.7. The molecule has 0 fully saturated rings. The summed E-state index contributed by atoms with van der Waals surface area (Å²) < 4.78 is 1.58. The SMILES string of the molecule is CN(Cc1ccc(Cl)s1)C(=O)c1ccc(Br)cc1N. The highest BCUT2D eigenvalue weighted by Crippen LogP contribution is 2.24. The highest BCUT2D eigenvalue weighted by atomic mass is 79.9. The molecule has 0 radical (unpaired) electrons. The molecule has 0 saturated heterocycles. The normalized spacial score (nSPS) is 10.5. The number of nitrogens with zero attached hydrogens (tertiary/aromatic N) is 1. The molecule has 2 N–H and O–H groups in total. The first-order valence-electron chi connectivity index (χ1n) is 5.52. The number of hydrogen-bond acceptors (Lipinski definition) is 3. The lowest BCUT2D eigenvalue weighted by Crippen LogP contribution is -2.26. The molecule has 1 amide bonds. The van der Waals surface area contributed by atoms with Crippen molar-refractivity contribution in [3.8, 4) is 0 Å². The van der Waals surface area contributed by atoms with Gasteiger partial charge in [0.25, 0.3) is 5.91 Å². The van der Waals surface area contributed by atoms with Crippen molar-refractivity contribution in [1.82, 2.24) is 4.90 Å². The van der Waals surface area contributed by atoms with Crippen LogP contribution in [0.25, 0.3) is 0 Å². The number of hydrogen-bond donors (Lipinski definition) is 1. The summed E-state index contributed by atoms with van der Waals surface area (Å²) in [5.74, 6) is -0.102. The fourth-order valence-corrected chi connectivity index (χ4v) is 3.20. The topological polar surface area (TPSA) is 46.3 Å². The average Bonchev–Trinajstić information content (AvgIpc) is 2.74. The van der Waals surface area contributed by atoms with E-state index in [1.165, 1.54) is 11.3 Å². The second-order valence-corrected chi connectivity index (χ2v) is 6.81. The Morgan fingerprint density at radius 1 is 1.42 bits per heavy atom. The molecule has 19 heavy (non-hydrogen) atoms. The van der Waals surface area contributed by atoms with Crippen LogP contribution in [-0.4, -0.2) is 17.9 Å². The molecule has 0 aliphatic carbocycles. The van der Waals surface area contributed by atoms with Crippen molar-refractivity contribution in [1.29, 1.82) is 0 Å². The molecular formula is C13H12BrClN2OS. The van der Waals surface area contributed by atoms with Crippen molar-refractivity contribution in [2.24, 2.45) is 0 Å². The van der Waals surface area contributed by atoms with E-state index >= 15 is 0 Å². The van der Waals surface area contributed by atoms with Gasteiger partial charge in [0.1, 0.15) is 0 Å². The molecule has 100 valence electrons. The van der Waals surface area contributed by atoms with E-state index in [-0.39, 0.29) is 5.91 Å². The third kappa shape index (κ3) is 3.49. The zero-order valence-electron chi connectivity index (χ0n) is 10.2. The van der Waals surface area contributed by atoms with E-state index in [0.29, 0.717) is 17.8 Å². The van der Waals surface area contributed by atoms with Crippen LogP contribution in [0.1, 0.15) is 15.2 Å². The zero-order chi connectivity index (χ0) is 14.0. The van der Waals surface area contributed by atoms with Crippen LogP contribution < -0.4 is 5.73 Å². The fraction of sp³-hybridized carbons (Fsp3) is 0.154. The van der Waals surface area contributed by atoms with Gasteiger partial charge in [-0.15, -0.1) is 11.3 Å². The van der Waals surface area contributed by atoms with E-state index in [0.717, 1.165) is 13.7 Å². The number of carbonyl (C=O) groups is 1. The van der Waals surface area contributed by atoms with Gasteiger partial charge >= 0.3 is 0 Å². The molecule has 2 aromatic rings. The summed E-state index contributed by atoms with van der Waals surface area (Å²) in [6, 6.07) is 9.00. The first-order chi connectivity index (χ1) is 8.97. The summed E-state index contributed by atoms with van der Waals surface area (Å²) in [4.78, 5) is 15.0. The van der Waals surface area contributed by atoms with Gasteiger partial charge in [-0.25, -0.2) is 0 Å². The van der Waals surface area contributed by atoms with Crippen LogP contribution >= 0.6 is 38.9 Å². The summed E-state index contributed by atoms with van der Waals surface area (Å²) in [6.07, 6.45) is 0. The molecule has 0 atom stereocenters. The number of amides is 1. The Morgan fingerprint density at radius 2 is 2.16 bits per heavy atom. The van der Waals surface area contributed by atoms with Gasteiger partial charge in [-0.1, -0.05) is 27.5 Å². The van der Waals surface area contributed by atoms with Crippen LogP contribution in [-0.2, 0) is 6.54 Å². The molecule has 0 aliphatic rings. The monoisotopic (exact) mass is 358 g/mol. The van der Waals surface area contributed by atoms with E-state index < -0.39 is 0 Å². The largest absolute Gasteiger partial charge is 0.398 e. The molecule has 0 unspecified atom stereocenters. The Hall–Kier alpha value is -1.04. The third-order valence-electron chi connectivity index (χ3n) is 2.61. The fourth-order valence-electron chi connectivity index (χ4n) is 1.68. The van der Waals surface area contributed by atoms with Crippen molar-refractivity contribution in [3.63, 3.8) is 0 Å². The van der Waals surface area contributed by atoms with E-state index in [9.17, 15) is 4.79 Å². The number of rotatable bonds is 3. The Labute approximate surface area is 129 Å². The van der Waals surface area contributed by atoms with Crippen LogP contribution in [0, 0.1) is 0 Å². The van der Waals surface area contributed by atoms with E-state index in [4.69, 9.17) is 17.3 Å². The lowest BCUT2D eigenvalue weighted by Gasteiger charge is -2.17. The van der Waals surface area contributed by atoms with Gasteiger partial charge in [-0.3, -0.25) is 4.79 Å². The van der Waals surface area contributed by atoms with Crippen molar-refractivity contribution in [2.75, 3.05) is 12.8 Å². The van der Waals surface area contributed by atoms with Crippen LogP contribution in [0.15, 0.2) is 34.8 Å². The van der Waals surface area contributed by atoms with Gasteiger partial charge in [-0.05, 0) is 30.3 Å². The maximum atomic E-state index is 12.3. The van der Waals surface area contributed by atoms with Gasteiger partial charge in [0.05, 0.1) is 16.4 Å². The molecule has 0 spiro atoms. The second kappa shape index (κ2) is 5.94. The van der Waals surface area contributed by atoms with Crippen LogP contribution in [0.4, 0.5) is 5.69 Å². The summed E-state index contributed by atoms with van der Waals surface area (Å²) in [5, 5.41) is 0. The molecule has 3 nitrogen and oxygen atoms in total. The number of carbonyl (C=O) groups excluding carboxylic acids is 1. The zero-order valence-corrected chi connectivity index (χ0v) is 13.3.